The van der Waals surface area contributed by atoms with Crippen LogP contribution in [0.15, 0.2) is 83.8 Å². The molecular weight excluding hydrogens is 454 g/mol. The third kappa shape index (κ3) is 5.71. The van der Waals surface area contributed by atoms with Gasteiger partial charge in [-0.3, -0.25) is 9.59 Å². The normalized spacial score (nSPS) is 15.4. The molecule has 3 aromatic carbocycles. The van der Waals surface area contributed by atoms with Crippen LogP contribution in [-0.4, -0.2) is 28.8 Å². The summed E-state index contributed by atoms with van der Waals surface area (Å²) in [4.78, 5) is 27.6. The van der Waals surface area contributed by atoms with Gasteiger partial charge in [-0.25, -0.2) is 4.90 Å². The molecule has 0 radical (unpaired) electrons. The van der Waals surface area contributed by atoms with Crippen molar-refractivity contribution in [2.24, 2.45) is 0 Å². The lowest BCUT2D eigenvalue weighted by Gasteiger charge is -2.15. The van der Waals surface area contributed by atoms with E-state index in [0.717, 1.165) is 16.3 Å². The van der Waals surface area contributed by atoms with Crippen LogP contribution in [0.25, 0.3) is 0 Å². The van der Waals surface area contributed by atoms with E-state index in [2.05, 4.69) is 10.6 Å². The van der Waals surface area contributed by atoms with Crippen molar-refractivity contribution in [1.82, 2.24) is 0 Å². The van der Waals surface area contributed by atoms with Crippen molar-refractivity contribution >= 4 is 58.0 Å². The molecule has 3 aromatic rings. The number of hydrogen-bond acceptors (Lipinski definition) is 5. The number of thiocarbonyl (C=S) groups is 1. The van der Waals surface area contributed by atoms with Gasteiger partial charge < -0.3 is 15.4 Å². The monoisotopic (exact) mass is 477 g/mol. The molecule has 1 aliphatic heterocycles. The number of carbonyl (C=O) groups is 2. The number of imide groups is 1. The number of benzene rings is 3. The molecule has 1 heterocycles. The summed E-state index contributed by atoms with van der Waals surface area (Å²) in [5.74, 6) is 0.306. The van der Waals surface area contributed by atoms with E-state index < -0.39 is 5.25 Å². The molecule has 1 saturated heterocycles. The zero-order valence-corrected chi connectivity index (χ0v) is 19.6. The van der Waals surface area contributed by atoms with Crippen molar-refractivity contribution in [3.8, 4) is 5.75 Å². The molecule has 0 saturated carbocycles. The molecule has 0 bridgehead atoms. The molecule has 6 nitrogen and oxygen atoms in total. The van der Waals surface area contributed by atoms with Crippen LogP contribution < -0.4 is 20.3 Å². The summed E-state index contributed by atoms with van der Waals surface area (Å²) in [7, 11) is 0. The van der Waals surface area contributed by atoms with Crippen molar-refractivity contribution < 1.29 is 14.3 Å². The lowest BCUT2D eigenvalue weighted by atomic mass is 10.3. The van der Waals surface area contributed by atoms with Gasteiger partial charge >= 0.3 is 0 Å². The maximum atomic E-state index is 12.9. The standard InChI is InChI=1S/C25H23N3O3S2/c1-2-31-20-12-10-19(11-13-20)28-23(29)16-22(24(28)30)33-21-14-8-18(9-15-21)27-25(32)26-17-6-4-3-5-7-17/h3-15,22H,2,16H2,1H3,(H2,26,27,32)/t22-/m0/s1. The van der Waals surface area contributed by atoms with E-state index in [-0.39, 0.29) is 18.2 Å². The average molecular weight is 478 g/mol. The molecule has 2 N–H and O–H groups in total. The minimum Gasteiger partial charge on any atom is -0.494 e. The highest BCUT2D eigenvalue weighted by Gasteiger charge is 2.40. The third-order valence-electron chi connectivity index (χ3n) is 4.93. The van der Waals surface area contributed by atoms with E-state index in [0.29, 0.717) is 23.2 Å². The Morgan fingerprint density at radius 3 is 2.24 bits per heavy atom. The maximum absolute atomic E-state index is 12.9. The van der Waals surface area contributed by atoms with E-state index in [1.807, 2.05) is 61.5 Å². The number of ether oxygens (including phenoxy) is 1. The van der Waals surface area contributed by atoms with Crippen LogP contribution in [0.5, 0.6) is 5.75 Å². The number of nitrogens with zero attached hydrogens (tertiary/aromatic N) is 1. The summed E-state index contributed by atoms with van der Waals surface area (Å²) >= 11 is 6.74. The van der Waals surface area contributed by atoms with Crippen molar-refractivity contribution in [1.29, 1.82) is 0 Å². The zero-order valence-electron chi connectivity index (χ0n) is 18.0. The number of amides is 2. The molecule has 8 heteroatoms. The van der Waals surface area contributed by atoms with Crippen LogP contribution in [0.2, 0.25) is 0 Å². The quantitative estimate of drug-likeness (QED) is 0.353. The Labute approximate surface area is 202 Å². The predicted molar refractivity (Wildman–Crippen MR) is 137 cm³/mol. The Morgan fingerprint density at radius 2 is 1.61 bits per heavy atom. The van der Waals surface area contributed by atoms with Crippen LogP contribution in [0.3, 0.4) is 0 Å². The number of anilines is 3. The highest BCUT2D eigenvalue weighted by molar-refractivity contribution is 8.00. The largest absolute Gasteiger partial charge is 0.494 e. The zero-order chi connectivity index (χ0) is 23.2. The van der Waals surface area contributed by atoms with E-state index >= 15 is 0 Å². The van der Waals surface area contributed by atoms with Gasteiger partial charge in [0.25, 0.3) is 0 Å². The number of hydrogen-bond donors (Lipinski definition) is 2. The average Bonchev–Trinajstić information content (AvgIpc) is 3.09. The van der Waals surface area contributed by atoms with Gasteiger partial charge in [0, 0.05) is 22.7 Å². The molecule has 1 atom stereocenters. The summed E-state index contributed by atoms with van der Waals surface area (Å²) < 4.78 is 5.43. The van der Waals surface area contributed by atoms with E-state index in [1.165, 1.54) is 16.7 Å². The molecule has 2 amide bonds. The van der Waals surface area contributed by atoms with Gasteiger partial charge in [0.2, 0.25) is 11.8 Å². The van der Waals surface area contributed by atoms with Crippen molar-refractivity contribution in [2.45, 2.75) is 23.5 Å². The summed E-state index contributed by atoms with van der Waals surface area (Å²) in [5.41, 5.74) is 2.30. The smallest absolute Gasteiger partial charge is 0.247 e. The Hall–Kier alpha value is -3.36. The van der Waals surface area contributed by atoms with Gasteiger partial charge in [-0.15, -0.1) is 11.8 Å². The lowest BCUT2D eigenvalue weighted by Crippen LogP contribution is -2.31. The fraction of sp³-hybridized carbons (Fsp3) is 0.160. The SMILES string of the molecule is CCOc1ccc(N2C(=O)C[C@H](Sc3ccc(NC(=S)Nc4ccccc4)cc3)C2=O)cc1. The molecule has 33 heavy (non-hydrogen) atoms. The fourth-order valence-electron chi connectivity index (χ4n) is 3.42. The van der Waals surface area contributed by atoms with Crippen LogP contribution in [0.4, 0.5) is 17.1 Å². The highest BCUT2D eigenvalue weighted by Crippen LogP contribution is 2.34. The van der Waals surface area contributed by atoms with Crippen molar-refractivity contribution in [3.05, 3.63) is 78.9 Å². The van der Waals surface area contributed by atoms with E-state index in [1.54, 1.807) is 24.3 Å². The van der Waals surface area contributed by atoms with E-state index in [9.17, 15) is 9.59 Å². The summed E-state index contributed by atoms with van der Waals surface area (Å²) in [6.45, 7) is 2.46. The number of para-hydroxylation sites is 1. The third-order valence-corrected chi connectivity index (χ3v) is 6.33. The number of nitrogens with one attached hydrogen (secondary N) is 2. The maximum Gasteiger partial charge on any atom is 0.247 e. The summed E-state index contributed by atoms with van der Waals surface area (Å²) in [5, 5.41) is 6.30. The Morgan fingerprint density at radius 1 is 0.970 bits per heavy atom. The van der Waals surface area contributed by atoms with Crippen LogP contribution in [0, 0.1) is 0 Å². The van der Waals surface area contributed by atoms with Crippen molar-refractivity contribution in [3.63, 3.8) is 0 Å². The molecular formula is C25H23N3O3S2. The molecule has 168 valence electrons. The van der Waals surface area contributed by atoms with Gasteiger partial charge in [0.05, 0.1) is 17.5 Å². The summed E-state index contributed by atoms with van der Waals surface area (Å²) in [6.07, 6.45) is 0.168. The first-order chi connectivity index (χ1) is 16.0. The fourth-order valence-corrected chi connectivity index (χ4v) is 4.71. The second-order valence-electron chi connectivity index (χ2n) is 7.27. The second-order valence-corrected chi connectivity index (χ2v) is 8.96. The highest BCUT2D eigenvalue weighted by atomic mass is 32.2. The van der Waals surface area contributed by atoms with Gasteiger partial charge in [-0.2, -0.15) is 0 Å². The summed E-state index contributed by atoms with van der Waals surface area (Å²) in [6, 6.07) is 24.3. The molecule has 1 fully saturated rings. The van der Waals surface area contributed by atoms with Gasteiger partial charge in [0.15, 0.2) is 5.11 Å². The minimum absolute atomic E-state index is 0.168. The Bertz CT molecular complexity index is 1140. The Balaban J connectivity index is 1.35. The lowest BCUT2D eigenvalue weighted by molar-refractivity contribution is -0.121. The molecule has 1 aliphatic rings. The molecule has 0 aliphatic carbocycles. The second kappa shape index (κ2) is 10.5. The molecule has 4 rings (SSSR count). The molecule has 0 spiro atoms. The first-order valence-electron chi connectivity index (χ1n) is 10.5. The van der Waals surface area contributed by atoms with Crippen LogP contribution >= 0.6 is 24.0 Å². The van der Waals surface area contributed by atoms with Gasteiger partial charge in [-0.1, -0.05) is 18.2 Å². The first kappa shape index (κ1) is 22.8. The van der Waals surface area contributed by atoms with E-state index in [4.69, 9.17) is 17.0 Å². The van der Waals surface area contributed by atoms with Gasteiger partial charge in [-0.05, 0) is 79.8 Å². The molecule has 0 unspecified atom stereocenters. The van der Waals surface area contributed by atoms with Crippen LogP contribution in [-0.2, 0) is 9.59 Å². The number of thioether (sulfide) groups is 1. The Kier molecular flexibility index (Phi) is 7.26. The number of carbonyl (C=O) groups excluding carboxylic acids is 2. The van der Waals surface area contributed by atoms with Gasteiger partial charge in [0.1, 0.15) is 5.75 Å². The minimum atomic E-state index is -0.455. The van der Waals surface area contributed by atoms with Crippen molar-refractivity contribution in [2.75, 3.05) is 22.1 Å². The first-order valence-corrected chi connectivity index (χ1v) is 11.8. The molecule has 0 aromatic heterocycles. The van der Waals surface area contributed by atoms with Crippen LogP contribution in [0.1, 0.15) is 13.3 Å². The number of rotatable bonds is 7. The predicted octanol–water partition coefficient (Wildman–Crippen LogP) is 5.32. The topological polar surface area (TPSA) is 70.7 Å².